The number of unbranched alkanes of at least 4 members (excludes halogenated alkanes) is 1. The van der Waals surface area contributed by atoms with Gasteiger partial charge in [-0.1, -0.05) is 51.5 Å². The first-order valence-electron chi connectivity index (χ1n) is 15.2. The topological polar surface area (TPSA) is 65.4 Å². The summed E-state index contributed by atoms with van der Waals surface area (Å²) in [6, 6.07) is 22.5. The van der Waals surface area contributed by atoms with Crippen LogP contribution in [-0.4, -0.2) is 35.3 Å². The quantitative estimate of drug-likeness (QED) is 0.0750. The third kappa shape index (κ3) is 10.2. The van der Waals surface area contributed by atoms with Crippen molar-refractivity contribution in [3.05, 3.63) is 102 Å². The molecule has 0 radical (unpaired) electrons. The van der Waals surface area contributed by atoms with Crippen molar-refractivity contribution in [3.63, 3.8) is 0 Å². The van der Waals surface area contributed by atoms with Crippen molar-refractivity contribution in [1.29, 1.82) is 0 Å². The highest BCUT2D eigenvalue weighted by Gasteiger charge is 2.06. The number of aryl methyl sites for hydroxylation is 2. The normalized spacial score (nSPS) is 11.2. The summed E-state index contributed by atoms with van der Waals surface area (Å²) in [5.41, 5.74) is 6.41. The number of carbonyl (C=O) groups is 1. The zero-order valence-electron chi connectivity index (χ0n) is 25.6. The van der Waals surface area contributed by atoms with Crippen molar-refractivity contribution < 1.29 is 14.3 Å². The van der Waals surface area contributed by atoms with Gasteiger partial charge in [-0.15, -0.1) is 11.8 Å². The standard InChI is InChI=1S/C36H43N3O3S/c1-4-7-21-41-22-23-42-34-15-10-29(11-16-34)31-9-8-28(6-3)30(24-31)12-19-36(40)38-32-13-17-35(18-14-32)43-26-33-25-37-27-39(33)20-5-2/h8-19,24-25,27H,4-7,20-23,26H2,1-3H3,(H,38,40)/b19-12+. The molecule has 0 spiro atoms. The number of ether oxygens (including phenoxy) is 2. The first-order valence-corrected chi connectivity index (χ1v) is 16.2. The Balaban J connectivity index is 1.31. The summed E-state index contributed by atoms with van der Waals surface area (Å²) in [6.07, 6.45) is 11.5. The van der Waals surface area contributed by atoms with Crippen molar-refractivity contribution in [2.75, 3.05) is 25.1 Å². The second kappa shape index (κ2) is 17.3. The predicted molar refractivity (Wildman–Crippen MR) is 179 cm³/mol. The van der Waals surface area contributed by atoms with Crippen LogP contribution >= 0.6 is 11.8 Å². The number of hydrogen-bond donors (Lipinski definition) is 1. The minimum absolute atomic E-state index is 0.156. The molecule has 0 aliphatic carbocycles. The zero-order chi connectivity index (χ0) is 30.3. The van der Waals surface area contributed by atoms with E-state index in [-0.39, 0.29) is 5.91 Å². The monoisotopic (exact) mass is 597 g/mol. The van der Waals surface area contributed by atoms with Crippen molar-refractivity contribution in [1.82, 2.24) is 9.55 Å². The fourth-order valence-electron chi connectivity index (χ4n) is 4.61. The highest BCUT2D eigenvalue weighted by Crippen LogP contribution is 2.27. The SMILES string of the molecule is CCCCOCCOc1ccc(-c2ccc(CC)c(/C=C/C(=O)Nc3ccc(SCc4cncn4CCC)cc3)c2)cc1. The van der Waals surface area contributed by atoms with Crippen LogP contribution < -0.4 is 10.1 Å². The fourth-order valence-corrected chi connectivity index (χ4v) is 5.50. The van der Waals surface area contributed by atoms with Gasteiger partial charge in [0, 0.05) is 47.5 Å². The molecule has 0 atom stereocenters. The Kier molecular flexibility index (Phi) is 12.9. The lowest BCUT2D eigenvalue weighted by molar-refractivity contribution is -0.111. The number of imidazole rings is 1. The number of aromatic nitrogens is 2. The van der Waals surface area contributed by atoms with Crippen molar-refractivity contribution >= 4 is 29.4 Å². The summed E-state index contributed by atoms with van der Waals surface area (Å²) >= 11 is 1.76. The van der Waals surface area contributed by atoms with Gasteiger partial charge in [0.05, 0.1) is 12.9 Å². The predicted octanol–water partition coefficient (Wildman–Crippen LogP) is 8.66. The molecule has 0 aliphatic heterocycles. The minimum atomic E-state index is -0.156. The number of thioether (sulfide) groups is 1. The number of amides is 1. The summed E-state index contributed by atoms with van der Waals surface area (Å²) < 4.78 is 13.6. The first-order chi connectivity index (χ1) is 21.1. The number of hydrogen-bond acceptors (Lipinski definition) is 5. The summed E-state index contributed by atoms with van der Waals surface area (Å²) in [6.45, 7) is 9.36. The van der Waals surface area contributed by atoms with Crippen LogP contribution in [0, 0.1) is 0 Å². The molecule has 0 aliphatic rings. The maximum Gasteiger partial charge on any atom is 0.248 e. The number of nitrogens with one attached hydrogen (secondary N) is 1. The van der Waals surface area contributed by atoms with Gasteiger partial charge in [0.2, 0.25) is 5.91 Å². The highest BCUT2D eigenvalue weighted by molar-refractivity contribution is 7.98. The van der Waals surface area contributed by atoms with E-state index >= 15 is 0 Å². The molecule has 1 heterocycles. The first kappa shape index (κ1) is 32.1. The van der Waals surface area contributed by atoms with Crippen molar-refractivity contribution in [2.45, 2.75) is 63.6 Å². The molecule has 43 heavy (non-hydrogen) atoms. The van der Waals surface area contributed by atoms with Crippen LogP contribution in [0.25, 0.3) is 17.2 Å². The minimum Gasteiger partial charge on any atom is -0.491 e. The summed E-state index contributed by atoms with van der Waals surface area (Å²) in [5, 5.41) is 2.98. The molecular weight excluding hydrogens is 554 g/mol. The Morgan fingerprint density at radius 2 is 1.72 bits per heavy atom. The Labute approximate surface area is 260 Å². The lowest BCUT2D eigenvalue weighted by atomic mass is 9.97. The second-order valence-electron chi connectivity index (χ2n) is 10.3. The average molecular weight is 598 g/mol. The van der Waals surface area contributed by atoms with Gasteiger partial charge < -0.3 is 19.4 Å². The summed E-state index contributed by atoms with van der Waals surface area (Å²) in [4.78, 5) is 18.2. The van der Waals surface area contributed by atoms with Gasteiger partial charge in [-0.2, -0.15) is 0 Å². The van der Waals surface area contributed by atoms with Crippen LogP contribution in [0.3, 0.4) is 0 Å². The smallest absolute Gasteiger partial charge is 0.248 e. The molecule has 0 saturated carbocycles. The fraction of sp³-hybridized carbons (Fsp3) is 0.333. The van der Waals surface area contributed by atoms with Crippen LogP contribution in [0.2, 0.25) is 0 Å². The van der Waals surface area contributed by atoms with Gasteiger partial charge in [-0.05, 0) is 90.1 Å². The van der Waals surface area contributed by atoms with Gasteiger partial charge in [-0.25, -0.2) is 4.98 Å². The molecule has 0 fully saturated rings. The van der Waals surface area contributed by atoms with Crippen LogP contribution in [0.4, 0.5) is 5.69 Å². The third-order valence-corrected chi connectivity index (χ3v) is 8.08. The van der Waals surface area contributed by atoms with Gasteiger partial charge in [0.15, 0.2) is 0 Å². The molecule has 3 aromatic carbocycles. The van der Waals surface area contributed by atoms with Crippen molar-refractivity contribution in [3.8, 4) is 16.9 Å². The largest absolute Gasteiger partial charge is 0.491 e. The van der Waals surface area contributed by atoms with E-state index in [0.29, 0.717) is 13.2 Å². The molecule has 6 nitrogen and oxygen atoms in total. The second-order valence-corrected chi connectivity index (χ2v) is 11.4. The van der Waals surface area contributed by atoms with E-state index in [1.807, 2.05) is 55.0 Å². The molecule has 1 aromatic heterocycles. The number of rotatable bonds is 17. The van der Waals surface area contributed by atoms with Crippen molar-refractivity contribution in [2.24, 2.45) is 0 Å². The van der Waals surface area contributed by atoms with Crippen LogP contribution in [0.15, 0.2) is 90.2 Å². The van der Waals surface area contributed by atoms with Crippen LogP contribution in [0.5, 0.6) is 5.75 Å². The Bertz CT molecular complexity index is 1450. The van der Waals surface area contributed by atoms with Gasteiger partial charge in [0.25, 0.3) is 0 Å². The van der Waals surface area contributed by atoms with Crippen LogP contribution in [-0.2, 0) is 28.2 Å². The lowest BCUT2D eigenvalue weighted by Gasteiger charge is -2.10. The van der Waals surface area contributed by atoms with E-state index < -0.39 is 0 Å². The van der Waals surface area contributed by atoms with Crippen LogP contribution in [0.1, 0.15) is 56.9 Å². The number of carbonyl (C=O) groups excluding carboxylic acids is 1. The number of anilines is 1. The Morgan fingerprint density at radius 1 is 0.930 bits per heavy atom. The van der Waals surface area contributed by atoms with Gasteiger partial charge >= 0.3 is 0 Å². The van der Waals surface area contributed by atoms with Gasteiger partial charge in [-0.3, -0.25) is 4.79 Å². The molecule has 1 amide bonds. The molecule has 4 aromatic rings. The zero-order valence-corrected chi connectivity index (χ0v) is 26.4. The average Bonchev–Trinajstić information content (AvgIpc) is 3.48. The molecule has 0 saturated heterocycles. The highest BCUT2D eigenvalue weighted by atomic mass is 32.2. The molecule has 4 rings (SSSR count). The van der Waals surface area contributed by atoms with E-state index in [4.69, 9.17) is 9.47 Å². The molecular formula is C36H43N3O3S. The number of benzene rings is 3. The van der Waals surface area contributed by atoms with E-state index in [2.05, 4.69) is 66.0 Å². The van der Waals surface area contributed by atoms with E-state index in [1.54, 1.807) is 17.8 Å². The van der Waals surface area contributed by atoms with E-state index in [1.165, 1.54) is 11.3 Å². The maximum absolute atomic E-state index is 12.8. The van der Waals surface area contributed by atoms with Gasteiger partial charge in [0.1, 0.15) is 12.4 Å². The summed E-state index contributed by atoms with van der Waals surface area (Å²) in [5.74, 6) is 1.53. The molecule has 0 unspecified atom stereocenters. The Morgan fingerprint density at radius 3 is 2.47 bits per heavy atom. The number of nitrogens with zero attached hydrogens (tertiary/aromatic N) is 2. The summed E-state index contributed by atoms with van der Waals surface area (Å²) in [7, 11) is 0. The Hall–Kier alpha value is -3.81. The third-order valence-electron chi connectivity index (χ3n) is 7.04. The lowest BCUT2D eigenvalue weighted by Crippen LogP contribution is -2.07. The van der Waals surface area contributed by atoms with E-state index in [9.17, 15) is 4.79 Å². The van der Waals surface area contributed by atoms with E-state index in [0.717, 1.165) is 77.6 Å². The molecule has 226 valence electrons. The molecule has 7 heteroatoms. The maximum atomic E-state index is 12.8. The molecule has 1 N–H and O–H groups in total. The molecule has 0 bridgehead atoms.